The predicted molar refractivity (Wildman–Crippen MR) is 202 cm³/mol. The Hall–Kier alpha value is -1.34. The third-order valence-corrected chi connectivity index (χ3v) is 15.6. The first-order chi connectivity index (χ1) is 24.9. The normalized spacial score (nSPS) is 43.5. The number of aliphatic hydroxyl groups excluding tert-OH is 2. The summed E-state index contributed by atoms with van der Waals surface area (Å²) in [5.41, 5.74) is 6.55. The molecule has 298 valence electrons. The van der Waals surface area contributed by atoms with E-state index in [4.69, 9.17) is 15.3 Å². The van der Waals surface area contributed by atoms with Gasteiger partial charge in [-0.2, -0.15) is 5.06 Å². The van der Waals surface area contributed by atoms with E-state index in [1.54, 1.807) is 5.06 Å². The third-order valence-electron chi connectivity index (χ3n) is 15.6. The molecule has 11 nitrogen and oxygen atoms in total. The Bertz CT molecular complexity index is 1200. The molecule has 52 heavy (non-hydrogen) atoms. The van der Waals surface area contributed by atoms with Crippen molar-refractivity contribution in [1.82, 2.24) is 20.6 Å². The quantitative estimate of drug-likeness (QED) is 0.192. The first-order valence-electron chi connectivity index (χ1n) is 21.0. The zero-order chi connectivity index (χ0) is 37.3. The van der Waals surface area contributed by atoms with Crippen LogP contribution in [0, 0.1) is 58.7 Å². The number of carbonyl (C=O) groups excluding carboxylic acids is 2. The first kappa shape index (κ1) is 40.3. The zero-order valence-electron chi connectivity index (χ0n) is 33.2. The highest BCUT2D eigenvalue weighted by Crippen LogP contribution is 2.61. The van der Waals surface area contributed by atoms with Gasteiger partial charge < -0.3 is 36.2 Å². The van der Waals surface area contributed by atoms with E-state index in [0.29, 0.717) is 59.6 Å². The minimum atomic E-state index is -0.677. The fourth-order valence-electron chi connectivity index (χ4n) is 12.3. The number of hydrogen-bond donors (Lipinski definition) is 5. The second-order valence-electron chi connectivity index (χ2n) is 19.0. The van der Waals surface area contributed by atoms with Gasteiger partial charge in [0.2, 0.25) is 11.8 Å². The monoisotopic (exact) mass is 732 g/mol. The van der Waals surface area contributed by atoms with Crippen LogP contribution in [0.2, 0.25) is 0 Å². The highest BCUT2D eigenvalue weighted by Gasteiger charge is 2.57. The Balaban J connectivity index is 1.11. The molecule has 0 spiro atoms. The number of nitrogens with two attached hydrogens (primary N) is 1. The zero-order valence-corrected chi connectivity index (χ0v) is 33.2. The fraction of sp³-hybridized carbons (Fsp3) is 0.951. The van der Waals surface area contributed by atoms with E-state index in [9.17, 15) is 19.8 Å². The van der Waals surface area contributed by atoms with Crippen molar-refractivity contribution >= 4 is 11.8 Å². The smallest absolute Gasteiger partial charge is 0.240 e. The van der Waals surface area contributed by atoms with Crippen LogP contribution in [0.3, 0.4) is 0 Å². The minimum absolute atomic E-state index is 0.0259. The Morgan fingerprint density at radius 2 is 1.75 bits per heavy atom. The van der Waals surface area contributed by atoms with Crippen LogP contribution < -0.4 is 16.4 Å². The van der Waals surface area contributed by atoms with Gasteiger partial charge in [-0.1, -0.05) is 40.0 Å². The van der Waals surface area contributed by atoms with E-state index < -0.39 is 18.1 Å². The largest absolute Gasteiger partial charge is 0.396 e. The number of hydroxylamine groups is 2. The molecular formula is C41H73N5O6. The standard InChI is InChI=1S/C41H73N5O6/c1-24-34-19-29(41(34,2)3)20-35(24)44-40(50)37-33(22-47)36(23-48)52-46(37)21-26-10-8-12-32(38(26)51-6)27-16-28(18-31(17-27)45(4)5)39(49)43-14-13-25-9-7-11-30(42)15-25/h24-38,47-48H,7-23,42H2,1-6H3,(H,43,49)(H,44,50)/t24-,25?,26?,27?,28?,29+,30?,31?,32?,33+,34-,35-,36-,37-,38?/m0/s1. The summed E-state index contributed by atoms with van der Waals surface area (Å²) in [5, 5.41) is 29.3. The van der Waals surface area contributed by atoms with Gasteiger partial charge in [0.25, 0.3) is 0 Å². The van der Waals surface area contributed by atoms with Crippen LogP contribution in [0.1, 0.15) is 104 Å². The second-order valence-corrected chi connectivity index (χ2v) is 19.0. The second kappa shape index (κ2) is 17.2. The summed E-state index contributed by atoms with van der Waals surface area (Å²) in [6.45, 7) is 7.74. The van der Waals surface area contributed by atoms with Gasteiger partial charge in [0.1, 0.15) is 12.1 Å². The molecular weight excluding hydrogens is 658 g/mol. The Morgan fingerprint density at radius 3 is 2.40 bits per heavy atom. The average Bonchev–Trinajstić information content (AvgIpc) is 3.49. The van der Waals surface area contributed by atoms with E-state index in [-0.39, 0.29) is 49.0 Å². The van der Waals surface area contributed by atoms with Gasteiger partial charge in [0.05, 0.1) is 19.3 Å². The van der Waals surface area contributed by atoms with Crippen LogP contribution in [-0.2, 0) is 19.2 Å². The maximum absolute atomic E-state index is 14.2. The van der Waals surface area contributed by atoms with E-state index in [0.717, 1.165) is 70.8 Å². The predicted octanol–water partition coefficient (Wildman–Crippen LogP) is 3.56. The summed E-state index contributed by atoms with van der Waals surface area (Å²) in [6.07, 6.45) is 13.0. The highest BCUT2D eigenvalue weighted by atomic mass is 16.7. The molecule has 6 saturated carbocycles. The summed E-state index contributed by atoms with van der Waals surface area (Å²) in [7, 11) is 6.08. The number of aliphatic hydroxyl groups is 2. The molecule has 1 heterocycles. The van der Waals surface area contributed by atoms with Crippen LogP contribution in [0.15, 0.2) is 0 Å². The molecule has 6 aliphatic carbocycles. The van der Waals surface area contributed by atoms with Gasteiger partial charge >= 0.3 is 0 Å². The molecule has 0 radical (unpaired) electrons. The molecule has 15 atom stereocenters. The van der Waals surface area contributed by atoms with Crippen molar-refractivity contribution in [2.75, 3.05) is 47.5 Å². The van der Waals surface area contributed by atoms with Crippen LogP contribution in [-0.4, -0.2) is 116 Å². The van der Waals surface area contributed by atoms with Crippen molar-refractivity contribution in [3.63, 3.8) is 0 Å². The minimum Gasteiger partial charge on any atom is -0.396 e. The molecule has 1 saturated heterocycles. The van der Waals surface area contributed by atoms with E-state index in [1.807, 2.05) is 7.11 Å². The van der Waals surface area contributed by atoms with Crippen molar-refractivity contribution in [3.8, 4) is 0 Å². The number of fused-ring (bicyclic) bond motifs is 2. The molecule has 0 aromatic carbocycles. The van der Waals surface area contributed by atoms with E-state index in [2.05, 4.69) is 50.4 Å². The molecule has 2 bridgehead atoms. The number of nitrogens with one attached hydrogen (secondary N) is 2. The number of ether oxygens (including phenoxy) is 1. The first-order valence-corrected chi connectivity index (χ1v) is 21.0. The lowest BCUT2D eigenvalue weighted by Crippen LogP contribution is -2.62. The van der Waals surface area contributed by atoms with E-state index >= 15 is 0 Å². The van der Waals surface area contributed by atoms with Crippen LogP contribution >= 0.6 is 0 Å². The fourth-order valence-corrected chi connectivity index (χ4v) is 12.3. The molecule has 11 heteroatoms. The van der Waals surface area contributed by atoms with Crippen molar-refractivity contribution in [3.05, 3.63) is 0 Å². The van der Waals surface area contributed by atoms with Gasteiger partial charge in [-0.15, -0.1) is 0 Å². The van der Waals surface area contributed by atoms with Gasteiger partial charge in [0.15, 0.2) is 0 Å². The van der Waals surface area contributed by atoms with Crippen molar-refractivity contribution in [2.45, 2.75) is 141 Å². The number of methoxy groups -OCH3 is 1. The summed E-state index contributed by atoms with van der Waals surface area (Å²) in [5.74, 6) is 2.53. The molecule has 7 fully saturated rings. The van der Waals surface area contributed by atoms with Crippen LogP contribution in [0.5, 0.6) is 0 Å². The number of amides is 2. The molecule has 7 aliphatic rings. The number of nitrogens with zero attached hydrogens (tertiary/aromatic N) is 2. The lowest BCUT2D eigenvalue weighted by molar-refractivity contribution is -0.193. The molecule has 0 aromatic rings. The lowest BCUT2D eigenvalue weighted by atomic mass is 9.45. The van der Waals surface area contributed by atoms with Crippen molar-refractivity contribution in [1.29, 1.82) is 0 Å². The molecule has 6 N–H and O–H groups in total. The highest BCUT2D eigenvalue weighted by molar-refractivity contribution is 5.82. The number of hydrogen-bond acceptors (Lipinski definition) is 9. The summed E-state index contributed by atoms with van der Waals surface area (Å²) in [6, 6.07) is 0.0614. The molecule has 1 aliphatic heterocycles. The van der Waals surface area contributed by atoms with Crippen LogP contribution in [0.25, 0.3) is 0 Å². The molecule has 2 amide bonds. The topological polar surface area (TPSA) is 150 Å². The van der Waals surface area contributed by atoms with Crippen molar-refractivity contribution in [2.24, 2.45) is 64.4 Å². The summed E-state index contributed by atoms with van der Waals surface area (Å²) in [4.78, 5) is 36.5. The Morgan fingerprint density at radius 1 is 0.981 bits per heavy atom. The molecule has 7 rings (SSSR count). The van der Waals surface area contributed by atoms with E-state index in [1.165, 1.54) is 19.3 Å². The van der Waals surface area contributed by atoms with Gasteiger partial charge in [-0.05, 0) is 119 Å². The van der Waals surface area contributed by atoms with Gasteiger partial charge in [-0.3, -0.25) is 14.4 Å². The number of rotatable bonds is 13. The summed E-state index contributed by atoms with van der Waals surface area (Å²) < 4.78 is 6.38. The Labute approximate surface area is 313 Å². The maximum Gasteiger partial charge on any atom is 0.240 e. The van der Waals surface area contributed by atoms with Gasteiger partial charge in [-0.25, -0.2) is 0 Å². The van der Waals surface area contributed by atoms with Gasteiger partial charge in [0, 0.05) is 56.1 Å². The maximum atomic E-state index is 14.2. The summed E-state index contributed by atoms with van der Waals surface area (Å²) >= 11 is 0. The SMILES string of the molecule is COC1C(CN2O[C@@H](CO)[C@@H](CO)[C@H]2C(=O)N[C@H]2C[C@H]3C[C@@H]([C@@H]2C)C3(C)C)CCCC1C1CC(C(=O)NCCC2CCCC(N)C2)CC(N(C)C)C1. The average molecular weight is 732 g/mol. The van der Waals surface area contributed by atoms with Crippen molar-refractivity contribution < 1.29 is 29.4 Å². The molecule has 8 unspecified atom stereocenters. The Kier molecular flexibility index (Phi) is 13.3. The number of carbonyl (C=O) groups is 2. The molecule has 0 aromatic heterocycles. The lowest BCUT2D eigenvalue weighted by Gasteiger charge is -2.62. The van der Waals surface area contributed by atoms with Crippen LogP contribution in [0.4, 0.5) is 0 Å². The third kappa shape index (κ3) is 8.41.